The molecular weight excluding hydrogens is 244 g/mol. The van der Waals surface area contributed by atoms with Gasteiger partial charge in [-0.3, -0.25) is 0 Å². The van der Waals surface area contributed by atoms with Crippen LogP contribution in [0.2, 0.25) is 0 Å². The molecule has 1 rings (SSSR count). The molecule has 0 aliphatic rings. The molecule has 1 atom stereocenters. The zero-order valence-corrected chi connectivity index (χ0v) is 11.8. The Balaban J connectivity index is 2.58. The Hall–Kier alpha value is -1.59. The first-order valence-corrected chi connectivity index (χ1v) is 6.50. The number of nitrogens with one attached hydrogen (secondary N) is 1. The fourth-order valence-corrected chi connectivity index (χ4v) is 2.05. The molecule has 0 heterocycles. The SMILES string of the molecule is COc1ccc([C@@H](C[NH2+]CCC(=O)[O-])[NH+](C)C)cc1. The van der Waals surface area contributed by atoms with Crippen molar-refractivity contribution in [3.8, 4) is 5.75 Å². The maximum Gasteiger partial charge on any atom is 0.162 e. The molecule has 1 aromatic rings. The van der Waals surface area contributed by atoms with Crippen LogP contribution in [0.5, 0.6) is 5.75 Å². The van der Waals surface area contributed by atoms with Crippen LogP contribution < -0.4 is 20.1 Å². The topological polar surface area (TPSA) is 70.4 Å². The van der Waals surface area contributed by atoms with E-state index < -0.39 is 5.97 Å². The number of nitrogens with two attached hydrogens (primary N) is 1. The van der Waals surface area contributed by atoms with Crippen LogP contribution in [0.1, 0.15) is 18.0 Å². The van der Waals surface area contributed by atoms with Crippen LogP contribution in [0.25, 0.3) is 0 Å². The molecule has 0 radical (unpaired) electrons. The minimum Gasteiger partial charge on any atom is -0.550 e. The van der Waals surface area contributed by atoms with Gasteiger partial charge in [-0.2, -0.15) is 0 Å². The summed E-state index contributed by atoms with van der Waals surface area (Å²) in [6, 6.07) is 8.35. The van der Waals surface area contributed by atoms with E-state index in [0.717, 1.165) is 12.3 Å². The number of aliphatic carboxylic acids is 1. The van der Waals surface area contributed by atoms with Crippen molar-refractivity contribution in [2.24, 2.45) is 0 Å². The molecule has 3 N–H and O–H groups in total. The van der Waals surface area contributed by atoms with Crippen LogP contribution >= 0.6 is 0 Å². The van der Waals surface area contributed by atoms with Crippen LogP contribution in [0.3, 0.4) is 0 Å². The van der Waals surface area contributed by atoms with Gasteiger partial charge in [0.25, 0.3) is 0 Å². The van der Waals surface area contributed by atoms with E-state index in [2.05, 4.69) is 26.2 Å². The van der Waals surface area contributed by atoms with Gasteiger partial charge in [-0.05, 0) is 24.3 Å². The molecule has 5 nitrogen and oxygen atoms in total. The number of quaternary nitrogens is 2. The number of methoxy groups -OCH3 is 1. The second-order valence-electron chi connectivity index (χ2n) is 4.84. The number of rotatable bonds is 8. The van der Waals surface area contributed by atoms with Crippen molar-refractivity contribution in [2.45, 2.75) is 12.5 Å². The molecule has 0 aliphatic heterocycles. The molecule has 0 saturated carbocycles. The van der Waals surface area contributed by atoms with Gasteiger partial charge in [-0.15, -0.1) is 0 Å². The van der Waals surface area contributed by atoms with Gasteiger partial charge in [-0.25, -0.2) is 0 Å². The van der Waals surface area contributed by atoms with Crippen molar-refractivity contribution >= 4 is 5.97 Å². The molecule has 0 aromatic heterocycles. The van der Waals surface area contributed by atoms with Crippen LogP contribution in [0.15, 0.2) is 24.3 Å². The molecule has 19 heavy (non-hydrogen) atoms. The average Bonchev–Trinajstić information content (AvgIpc) is 2.38. The molecule has 0 fully saturated rings. The highest BCUT2D eigenvalue weighted by atomic mass is 16.5. The summed E-state index contributed by atoms with van der Waals surface area (Å²) >= 11 is 0. The smallest absolute Gasteiger partial charge is 0.162 e. The van der Waals surface area contributed by atoms with E-state index in [1.54, 1.807) is 7.11 Å². The highest BCUT2D eigenvalue weighted by Gasteiger charge is 2.19. The van der Waals surface area contributed by atoms with Gasteiger partial charge in [0.05, 0.1) is 27.7 Å². The minimum atomic E-state index is -0.991. The Morgan fingerprint density at radius 1 is 1.37 bits per heavy atom. The third-order valence-electron chi connectivity index (χ3n) is 3.17. The van der Waals surface area contributed by atoms with Crippen LogP contribution in [0.4, 0.5) is 0 Å². The predicted octanol–water partition coefficient (Wildman–Crippen LogP) is -2.42. The van der Waals surface area contributed by atoms with E-state index in [4.69, 9.17) is 4.74 Å². The quantitative estimate of drug-likeness (QED) is 0.515. The summed E-state index contributed by atoms with van der Waals surface area (Å²) < 4.78 is 5.15. The minimum absolute atomic E-state index is 0.0953. The normalized spacial score (nSPS) is 12.4. The molecule has 0 bridgehead atoms. The Morgan fingerprint density at radius 3 is 2.47 bits per heavy atom. The Morgan fingerprint density at radius 2 is 2.00 bits per heavy atom. The van der Waals surface area contributed by atoms with Gasteiger partial charge in [0.1, 0.15) is 12.3 Å². The highest BCUT2D eigenvalue weighted by Crippen LogP contribution is 2.14. The fourth-order valence-electron chi connectivity index (χ4n) is 2.05. The predicted molar refractivity (Wildman–Crippen MR) is 69.8 cm³/mol. The second kappa shape index (κ2) is 7.76. The van der Waals surface area contributed by atoms with Crippen molar-refractivity contribution in [2.75, 3.05) is 34.3 Å². The van der Waals surface area contributed by atoms with Crippen molar-refractivity contribution in [3.63, 3.8) is 0 Å². The van der Waals surface area contributed by atoms with Gasteiger partial charge in [0, 0.05) is 18.0 Å². The lowest BCUT2D eigenvalue weighted by Gasteiger charge is -2.20. The van der Waals surface area contributed by atoms with Crippen molar-refractivity contribution in [1.29, 1.82) is 0 Å². The van der Waals surface area contributed by atoms with Crippen molar-refractivity contribution < 1.29 is 24.9 Å². The molecule has 1 aromatic carbocycles. The van der Waals surface area contributed by atoms with E-state index in [1.165, 1.54) is 10.5 Å². The third kappa shape index (κ3) is 5.28. The van der Waals surface area contributed by atoms with Crippen molar-refractivity contribution in [1.82, 2.24) is 0 Å². The van der Waals surface area contributed by atoms with Gasteiger partial charge >= 0.3 is 0 Å². The molecule has 0 saturated heterocycles. The van der Waals surface area contributed by atoms with Gasteiger partial charge in [-0.1, -0.05) is 0 Å². The number of ether oxygens (including phenoxy) is 1. The summed E-state index contributed by atoms with van der Waals surface area (Å²) in [6.07, 6.45) is 0.0953. The number of carbonyl (C=O) groups excluding carboxylic acids is 1. The second-order valence-corrected chi connectivity index (χ2v) is 4.84. The van der Waals surface area contributed by atoms with E-state index in [-0.39, 0.29) is 6.42 Å². The Bertz CT molecular complexity index is 390. The zero-order valence-electron chi connectivity index (χ0n) is 11.8. The third-order valence-corrected chi connectivity index (χ3v) is 3.17. The lowest BCUT2D eigenvalue weighted by Crippen LogP contribution is -3.09. The van der Waals surface area contributed by atoms with Crippen LogP contribution in [-0.4, -0.2) is 40.3 Å². The summed E-state index contributed by atoms with van der Waals surface area (Å²) in [5, 5.41) is 12.4. The number of hydrogen-bond donors (Lipinski definition) is 2. The van der Waals surface area contributed by atoms with E-state index in [0.29, 0.717) is 12.6 Å². The lowest BCUT2D eigenvalue weighted by atomic mass is 10.1. The monoisotopic (exact) mass is 267 g/mol. The van der Waals surface area contributed by atoms with E-state index in [1.807, 2.05) is 17.4 Å². The molecule has 0 aliphatic carbocycles. The van der Waals surface area contributed by atoms with Gasteiger partial charge in [0.2, 0.25) is 0 Å². The van der Waals surface area contributed by atoms with E-state index >= 15 is 0 Å². The number of carboxylic acids is 1. The standard InChI is InChI=1S/C14H22N2O3/c1-16(2)13(10-15-9-8-14(17)18)11-4-6-12(19-3)7-5-11/h4-7,13,15H,8-10H2,1-3H3,(H,17,18)/p+1/t13-/m1/s1. The number of carboxylic acid groups (broad SMARTS) is 1. The Labute approximate surface area is 114 Å². The Kier molecular flexibility index (Phi) is 6.32. The fraction of sp³-hybridized carbons (Fsp3) is 0.500. The number of hydrogen-bond acceptors (Lipinski definition) is 3. The van der Waals surface area contributed by atoms with Crippen LogP contribution in [0, 0.1) is 0 Å². The first-order valence-electron chi connectivity index (χ1n) is 6.50. The number of likely N-dealkylation sites (N-methyl/N-ethyl adjacent to an activating group) is 1. The largest absolute Gasteiger partial charge is 0.550 e. The molecule has 0 amide bonds. The molecular formula is C14H23N2O3+. The maximum atomic E-state index is 10.4. The van der Waals surface area contributed by atoms with Crippen LogP contribution in [-0.2, 0) is 4.79 Å². The summed E-state index contributed by atoms with van der Waals surface area (Å²) in [4.78, 5) is 11.7. The average molecular weight is 267 g/mol. The van der Waals surface area contributed by atoms with Crippen molar-refractivity contribution in [3.05, 3.63) is 29.8 Å². The first kappa shape index (κ1) is 15.5. The van der Waals surface area contributed by atoms with Gasteiger partial charge in [0.15, 0.2) is 6.04 Å². The maximum absolute atomic E-state index is 10.4. The summed E-state index contributed by atoms with van der Waals surface area (Å²) in [5.41, 5.74) is 1.23. The molecule has 5 heteroatoms. The van der Waals surface area contributed by atoms with E-state index in [9.17, 15) is 9.90 Å². The number of benzene rings is 1. The lowest BCUT2D eigenvalue weighted by molar-refractivity contribution is -0.909. The van der Waals surface area contributed by atoms with Gasteiger partial charge < -0.3 is 24.9 Å². The summed E-state index contributed by atoms with van der Waals surface area (Å²) in [6.45, 7) is 1.41. The summed E-state index contributed by atoms with van der Waals surface area (Å²) in [5.74, 6) is -0.147. The zero-order chi connectivity index (χ0) is 14.3. The molecule has 0 unspecified atom stereocenters. The number of carbonyl (C=O) groups is 1. The summed E-state index contributed by atoms with van der Waals surface area (Å²) in [7, 11) is 5.85. The molecule has 106 valence electrons. The molecule has 0 spiro atoms. The first-order chi connectivity index (χ1) is 9.04. The highest BCUT2D eigenvalue weighted by molar-refractivity contribution is 5.64.